The fourth-order valence-corrected chi connectivity index (χ4v) is 3.05. The van der Waals surface area contributed by atoms with E-state index in [4.69, 9.17) is 20.6 Å². The van der Waals surface area contributed by atoms with Gasteiger partial charge in [-0.15, -0.1) is 11.3 Å². The van der Waals surface area contributed by atoms with E-state index >= 15 is 0 Å². The molecule has 0 unspecified atom stereocenters. The number of nitrogens with one attached hydrogen (secondary N) is 1. The first-order chi connectivity index (χ1) is 12.7. The van der Waals surface area contributed by atoms with E-state index in [-0.39, 0.29) is 0 Å². The summed E-state index contributed by atoms with van der Waals surface area (Å²) in [4.78, 5) is 1.32. The van der Waals surface area contributed by atoms with Gasteiger partial charge in [0.25, 0.3) is 0 Å². The lowest BCUT2D eigenvalue weighted by Gasteiger charge is -2.09. The van der Waals surface area contributed by atoms with Crippen LogP contribution in [0.1, 0.15) is 10.4 Å². The van der Waals surface area contributed by atoms with Gasteiger partial charge in [0.2, 0.25) is 0 Å². The Bertz CT molecular complexity index is 854. The molecule has 0 amide bonds. The monoisotopic (exact) mass is 364 g/mol. The first-order valence-corrected chi connectivity index (χ1v) is 9.13. The summed E-state index contributed by atoms with van der Waals surface area (Å²) in [5.41, 5.74) is 6.46. The predicted octanol–water partition coefficient (Wildman–Crippen LogP) is 5.00. The van der Waals surface area contributed by atoms with Gasteiger partial charge in [-0.3, -0.25) is 0 Å². The van der Waals surface area contributed by atoms with Crippen LogP contribution in [0.4, 0.5) is 0 Å². The Balaban J connectivity index is 1.52. The minimum Gasteiger partial charge on any atom is -0.493 e. The molecule has 0 aliphatic heterocycles. The van der Waals surface area contributed by atoms with Crippen LogP contribution in [0, 0.1) is 5.41 Å². The number of allylic oxidation sites excluding steroid dienone is 1. The standard InChI is InChI=1S/C21H20N2O2S/c22-13-11-21(23)16-3-5-18(6-4-16)25-19-9-7-17(8-10-19)24-14-12-20-2-1-15-26-20/h1-11,13,15,23H,12,14,22H2. The van der Waals surface area contributed by atoms with Gasteiger partial charge in [-0.2, -0.15) is 0 Å². The topological polar surface area (TPSA) is 68.3 Å². The van der Waals surface area contributed by atoms with E-state index < -0.39 is 0 Å². The quantitative estimate of drug-likeness (QED) is 0.553. The molecule has 0 saturated carbocycles. The molecule has 3 N–H and O–H groups in total. The average Bonchev–Trinajstić information content (AvgIpc) is 3.17. The molecule has 0 aliphatic carbocycles. The lowest BCUT2D eigenvalue weighted by molar-refractivity contribution is 0.322. The van der Waals surface area contributed by atoms with Crippen molar-refractivity contribution < 1.29 is 9.47 Å². The van der Waals surface area contributed by atoms with Crippen LogP contribution in [-0.2, 0) is 6.42 Å². The zero-order chi connectivity index (χ0) is 18.2. The molecule has 2 aromatic carbocycles. The van der Waals surface area contributed by atoms with Crippen LogP contribution >= 0.6 is 11.3 Å². The van der Waals surface area contributed by atoms with E-state index in [1.165, 1.54) is 11.1 Å². The van der Waals surface area contributed by atoms with Crippen molar-refractivity contribution >= 4 is 17.0 Å². The Hall–Kier alpha value is -3.05. The summed E-state index contributed by atoms with van der Waals surface area (Å²) >= 11 is 1.74. The normalized spacial score (nSPS) is 10.8. The molecule has 0 spiro atoms. The molecule has 0 radical (unpaired) electrons. The fraction of sp³-hybridized carbons (Fsp3) is 0.0952. The summed E-state index contributed by atoms with van der Waals surface area (Å²) in [5.74, 6) is 2.27. The number of thiophene rings is 1. The summed E-state index contributed by atoms with van der Waals surface area (Å²) in [7, 11) is 0. The fourth-order valence-electron chi connectivity index (χ4n) is 2.36. The van der Waals surface area contributed by atoms with Gasteiger partial charge in [0.05, 0.1) is 12.3 Å². The van der Waals surface area contributed by atoms with Crippen molar-refractivity contribution in [1.29, 1.82) is 5.41 Å². The van der Waals surface area contributed by atoms with Crippen molar-refractivity contribution in [2.45, 2.75) is 6.42 Å². The molecule has 1 heterocycles. The molecular weight excluding hydrogens is 344 g/mol. The van der Waals surface area contributed by atoms with Gasteiger partial charge in [-0.1, -0.05) is 6.07 Å². The molecule has 0 saturated heterocycles. The molecule has 3 aromatic rings. The van der Waals surface area contributed by atoms with Gasteiger partial charge in [0.1, 0.15) is 17.2 Å². The molecule has 0 fully saturated rings. The SMILES string of the molecule is N=C(C=CN)c1ccc(Oc2ccc(OCCc3cccs3)cc2)cc1. The molecule has 0 atom stereocenters. The number of nitrogens with two attached hydrogens (primary N) is 1. The summed E-state index contributed by atoms with van der Waals surface area (Å²) < 4.78 is 11.6. The summed E-state index contributed by atoms with van der Waals surface area (Å²) in [6, 6.07) is 19.1. The molecular formula is C21H20N2O2S. The average molecular weight is 364 g/mol. The van der Waals surface area contributed by atoms with Crippen LogP contribution in [0.2, 0.25) is 0 Å². The van der Waals surface area contributed by atoms with E-state index in [0.29, 0.717) is 18.1 Å². The number of rotatable bonds is 8. The van der Waals surface area contributed by atoms with Gasteiger partial charge in [-0.25, -0.2) is 0 Å². The highest BCUT2D eigenvalue weighted by Crippen LogP contribution is 2.24. The highest BCUT2D eigenvalue weighted by atomic mass is 32.1. The lowest BCUT2D eigenvalue weighted by Crippen LogP contribution is -1.99. The smallest absolute Gasteiger partial charge is 0.127 e. The van der Waals surface area contributed by atoms with Crippen molar-refractivity contribution in [1.82, 2.24) is 0 Å². The predicted molar refractivity (Wildman–Crippen MR) is 107 cm³/mol. The Kier molecular flexibility index (Phi) is 6.06. The third kappa shape index (κ3) is 4.97. The maximum Gasteiger partial charge on any atom is 0.127 e. The van der Waals surface area contributed by atoms with E-state index in [9.17, 15) is 0 Å². The second-order valence-electron chi connectivity index (χ2n) is 5.55. The minimum atomic E-state index is 0.364. The van der Waals surface area contributed by atoms with Crippen LogP contribution < -0.4 is 15.2 Å². The van der Waals surface area contributed by atoms with Crippen LogP contribution in [0.3, 0.4) is 0 Å². The van der Waals surface area contributed by atoms with Crippen molar-refractivity contribution in [3.63, 3.8) is 0 Å². The molecule has 1 aromatic heterocycles. The number of hydrogen-bond donors (Lipinski definition) is 2. The van der Waals surface area contributed by atoms with Gasteiger partial charge in [-0.05, 0) is 77.8 Å². The zero-order valence-electron chi connectivity index (χ0n) is 14.2. The molecule has 3 rings (SSSR count). The third-order valence-corrected chi connectivity index (χ3v) is 4.62. The van der Waals surface area contributed by atoms with Crippen LogP contribution in [-0.4, -0.2) is 12.3 Å². The lowest BCUT2D eigenvalue weighted by atomic mass is 10.1. The Labute approximate surface area is 157 Å². The summed E-state index contributed by atoms with van der Waals surface area (Å²) in [6.45, 7) is 0.658. The number of benzene rings is 2. The van der Waals surface area contributed by atoms with Crippen molar-refractivity contribution in [2.24, 2.45) is 5.73 Å². The summed E-state index contributed by atoms with van der Waals surface area (Å²) in [6.07, 6.45) is 3.82. The molecule has 0 aliphatic rings. The zero-order valence-corrected chi connectivity index (χ0v) is 15.0. The van der Waals surface area contributed by atoms with E-state index in [2.05, 4.69) is 17.5 Å². The first kappa shape index (κ1) is 17.8. The van der Waals surface area contributed by atoms with E-state index in [1.54, 1.807) is 17.4 Å². The van der Waals surface area contributed by atoms with E-state index in [1.807, 2.05) is 48.5 Å². The highest BCUT2D eigenvalue weighted by molar-refractivity contribution is 7.09. The summed E-state index contributed by atoms with van der Waals surface area (Å²) in [5, 5.41) is 9.90. The molecule has 4 nitrogen and oxygen atoms in total. The third-order valence-electron chi connectivity index (χ3n) is 3.68. The van der Waals surface area contributed by atoms with Gasteiger partial charge in [0, 0.05) is 11.3 Å². The highest BCUT2D eigenvalue weighted by Gasteiger charge is 2.02. The number of hydrogen-bond acceptors (Lipinski definition) is 5. The van der Waals surface area contributed by atoms with Gasteiger partial charge in [0.15, 0.2) is 0 Å². The molecule has 132 valence electrons. The van der Waals surface area contributed by atoms with Gasteiger partial charge >= 0.3 is 0 Å². The van der Waals surface area contributed by atoms with Crippen molar-refractivity contribution in [2.75, 3.05) is 6.61 Å². The maximum atomic E-state index is 7.83. The minimum absolute atomic E-state index is 0.364. The Morgan fingerprint density at radius 3 is 2.23 bits per heavy atom. The maximum absolute atomic E-state index is 7.83. The van der Waals surface area contributed by atoms with Crippen LogP contribution in [0.25, 0.3) is 0 Å². The van der Waals surface area contributed by atoms with E-state index in [0.717, 1.165) is 23.5 Å². The Morgan fingerprint density at radius 1 is 0.962 bits per heavy atom. The number of ether oxygens (including phenoxy) is 2. The molecule has 26 heavy (non-hydrogen) atoms. The molecule has 5 heteroatoms. The second kappa shape index (κ2) is 8.87. The Morgan fingerprint density at radius 2 is 1.62 bits per heavy atom. The van der Waals surface area contributed by atoms with Crippen molar-refractivity contribution in [3.05, 3.63) is 88.8 Å². The van der Waals surface area contributed by atoms with Gasteiger partial charge < -0.3 is 20.6 Å². The van der Waals surface area contributed by atoms with Crippen LogP contribution in [0.15, 0.2) is 78.3 Å². The molecule has 0 bridgehead atoms. The second-order valence-corrected chi connectivity index (χ2v) is 6.58. The first-order valence-electron chi connectivity index (χ1n) is 8.25. The largest absolute Gasteiger partial charge is 0.493 e. The van der Waals surface area contributed by atoms with Crippen LogP contribution in [0.5, 0.6) is 17.2 Å². The van der Waals surface area contributed by atoms with Crippen molar-refractivity contribution in [3.8, 4) is 17.2 Å².